The van der Waals surface area contributed by atoms with Crippen molar-refractivity contribution in [1.82, 2.24) is 9.78 Å². The Bertz CT molecular complexity index is 1120. The van der Waals surface area contributed by atoms with Crippen molar-refractivity contribution in [2.24, 2.45) is 0 Å². The lowest BCUT2D eigenvalue weighted by molar-refractivity contribution is 0.0549. The minimum absolute atomic E-state index is 0.0773. The van der Waals surface area contributed by atoms with Crippen molar-refractivity contribution in [3.63, 3.8) is 0 Å². The maximum Gasteiger partial charge on any atom is 0.357 e. The molecular weight excluding hydrogens is 401 g/mol. The van der Waals surface area contributed by atoms with E-state index in [4.69, 9.17) is 9.47 Å². The normalized spacial score (nSPS) is 13.3. The zero-order chi connectivity index (χ0) is 22.0. The third kappa shape index (κ3) is 3.76. The first-order valence-corrected chi connectivity index (χ1v) is 9.95. The minimum atomic E-state index is -0.762. The average Bonchev–Trinajstić information content (AvgIpc) is 3.47. The summed E-state index contributed by atoms with van der Waals surface area (Å²) in [7, 11) is 2.43. The first kappa shape index (κ1) is 20.6. The van der Waals surface area contributed by atoms with Crippen molar-refractivity contribution in [2.45, 2.75) is 12.8 Å². The van der Waals surface area contributed by atoms with E-state index in [-0.39, 0.29) is 17.0 Å². The van der Waals surface area contributed by atoms with E-state index >= 15 is 0 Å². The Morgan fingerprint density at radius 3 is 2.26 bits per heavy atom. The molecular formula is C23H22FN3O4. The van der Waals surface area contributed by atoms with Gasteiger partial charge in [0.2, 0.25) is 0 Å². The van der Waals surface area contributed by atoms with E-state index in [0.717, 1.165) is 25.9 Å². The quantitative estimate of drug-likeness (QED) is 0.581. The lowest BCUT2D eigenvalue weighted by Crippen LogP contribution is -2.18. The Hall–Kier alpha value is -3.68. The number of esters is 2. The van der Waals surface area contributed by atoms with Crippen LogP contribution >= 0.6 is 0 Å². The maximum atomic E-state index is 15.0. The Morgan fingerprint density at radius 1 is 0.968 bits per heavy atom. The van der Waals surface area contributed by atoms with Gasteiger partial charge < -0.3 is 14.4 Å². The molecule has 2 heterocycles. The standard InChI is InChI=1S/C23H22FN3O4/c1-30-22(28)19-20(15-10-11-18(17(24)14-15)26-12-6-7-13-26)25-27(21(19)23(29)31-2)16-8-4-3-5-9-16/h3-5,8-11,14H,6-7,12-13H2,1-2H3. The van der Waals surface area contributed by atoms with Crippen LogP contribution in [0.5, 0.6) is 0 Å². The van der Waals surface area contributed by atoms with Crippen LogP contribution in [0.15, 0.2) is 48.5 Å². The zero-order valence-corrected chi connectivity index (χ0v) is 17.3. The number of aromatic nitrogens is 2. The Kier molecular flexibility index (Phi) is 5.70. The fourth-order valence-corrected chi connectivity index (χ4v) is 3.83. The van der Waals surface area contributed by atoms with E-state index in [1.54, 1.807) is 36.4 Å². The summed E-state index contributed by atoms with van der Waals surface area (Å²) in [6, 6.07) is 13.6. The van der Waals surface area contributed by atoms with Crippen molar-refractivity contribution in [3.8, 4) is 16.9 Å². The van der Waals surface area contributed by atoms with Gasteiger partial charge in [-0.3, -0.25) is 0 Å². The molecule has 0 saturated carbocycles. The molecule has 0 spiro atoms. The van der Waals surface area contributed by atoms with Gasteiger partial charge in [-0.25, -0.2) is 18.7 Å². The summed E-state index contributed by atoms with van der Waals surface area (Å²) in [5.74, 6) is -1.93. The highest BCUT2D eigenvalue weighted by Gasteiger charge is 2.31. The summed E-state index contributed by atoms with van der Waals surface area (Å²) < 4.78 is 26.1. The summed E-state index contributed by atoms with van der Waals surface area (Å²) in [6.45, 7) is 1.61. The van der Waals surface area contributed by atoms with Crippen molar-refractivity contribution in [3.05, 3.63) is 65.6 Å². The predicted octanol–water partition coefficient (Wildman–Crippen LogP) is 3.85. The molecule has 3 aromatic rings. The van der Waals surface area contributed by atoms with Gasteiger partial charge in [0.1, 0.15) is 17.1 Å². The van der Waals surface area contributed by atoms with Crippen molar-refractivity contribution in [2.75, 3.05) is 32.2 Å². The Morgan fingerprint density at radius 2 is 1.65 bits per heavy atom. The van der Waals surface area contributed by atoms with Crippen LogP contribution in [0.1, 0.15) is 33.7 Å². The van der Waals surface area contributed by atoms with Gasteiger partial charge in [-0.2, -0.15) is 5.10 Å². The molecule has 1 saturated heterocycles. The molecule has 4 rings (SSSR count). The number of benzene rings is 2. The van der Waals surface area contributed by atoms with Crippen molar-refractivity contribution >= 4 is 17.6 Å². The van der Waals surface area contributed by atoms with Gasteiger partial charge in [0, 0.05) is 18.7 Å². The van der Waals surface area contributed by atoms with E-state index < -0.39 is 17.8 Å². The van der Waals surface area contributed by atoms with Gasteiger partial charge in [-0.15, -0.1) is 0 Å². The second kappa shape index (κ2) is 8.59. The number of carbonyl (C=O) groups excluding carboxylic acids is 2. The molecule has 0 N–H and O–H groups in total. The predicted molar refractivity (Wildman–Crippen MR) is 113 cm³/mol. The van der Waals surface area contributed by atoms with E-state index in [9.17, 15) is 14.0 Å². The van der Waals surface area contributed by atoms with E-state index in [1.165, 1.54) is 25.0 Å². The molecule has 1 aliphatic rings. The number of hydrogen-bond acceptors (Lipinski definition) is 6. The highest BCUT2D eigenvalue weighted by molar-refractivity contribution is 6.06. The lowest BCUT2D eigenvalue weighted by atomic mass is 10.0. The van der Waals surface area contributed by atoms with Gasteiger partial charge in [-0.05, 0) is 37.1 Å². The number of nitrogens with zero attached hydrogens (tertiary/aromatic N) is 3. The first-order valence-electron chi connectivity index (χ1n) is 9.95. The third-order valence-electron chi connectivity index (χ3n) is 5.32. The van der Waals surface area contributed by atoms with E-state index in [1.807, 2.05) is 11.0 Å². The van der Waals surface area contributed by atoms with Crippen molar-refractivity contribution < 1.29 is 23.5 Å². The topological polar surface area (TPSA) is 73.7 Å². The van der Waals surface area contributed by atoms with Crippen LogP contribution in [0.25, 0.3) is 16.9 Å². The molecule has 31 heavy (non-hydrogen) atoms. The summed E-state index contributed by atoms with van der Waals surface area (Å²) in [5.41, 5.74) is 1.40. The van der Waals surface area contributed by atoms with Crippen LogP contribution in [0, 0.1) is 5.82 Å². The smallest absolute Gasteiger partial charge is 0.357 e. The molecule has 0 bridgehead atoms. The average molecular weight is 423 g/mol. The van der Waals surface area contributed by atoms with Gasteiger partial charge in [-0.1, -0.05) is 24.3 Å². The fraction of sp³-hybridized carbons (Fsp3) is 0.261. The molecule has 0 unspecified atom stereocenters. The SMILES string of the molecule is COC(=O)c1c(-c2ccc(N3CCCC3)c(F)c2)nn(-c2ccccc2)c1C(=O)OC. The maximum absolute atomic E-state index is 15.0. The monoisotopic (exact) mass is 423 g/mol. The zero-order valence-electron chi connectivity index (χ0n) is 17.3. The van der Waals surface area contributed by atoms with Crippen LogP contribution in [0.2, 0.25) is 0 Å². The summed E-state index contributed by atoms with van der Waals surface area (Å²) in [5, 5.41) is 4.49. The molecule has 1 fully saturated rings. The van der Waals surface area contributed by atoms with Crippen LogP contribution in [-0.2, 0) is 9.47 Å². The molecule has 0 atom stereocenters. The second-order valence-corrected chi connectivity index (χ2v) is 7.16. The number of rotatable bonds is 5. The number of carbonyl (C=O) groups is 2. The Balaban J connectivity index is 1.91. The summed E-state index contributed by atoms with van der Waals surface area (Å²) >= 11 is 0. The summed E-state index contributed by atoms with van der Waals surface area (Å²) in [4.78, 5) is 27.3. The van der Waals surface area contributed by atoms with Gasteiger partial charge in [0.05, 0.1) is 25.6 Å². The van der Waals surface area contributed by atoms with Gasteiger partial charge >= 0.3 is 11.9 Å². The van der Waals surface area contributed by atoms with Gasteiger partial charge in [0.15, 0.2) is 5.69 Å². The van der Waals surface area contributed by atoms with Gasteiger partial charge in [0.25, 0.3) is 0 Å². The first-order chi connectivity index (χ1) is 15.0. The molecule has 0 amide bonds. The van der Waals surface area contributed by atoms with Crippen molar-refractivity contribution in [1.29, 1.82) is 0 Å². The number of ether oxygens (including phenoxy) is 2. The largest absolute Gasteiger partial charge is 0.465 e. The summed E-state index contributed by atoms with van der Waals surface area (Å²) in [6.07, 6.45) is 2.05. The van der Waals surface area contributed by atoms with Crippen LogP contribution in [-0.4, -0.2) is 49.0 Å². The molecule has 1 aliphatic heterocycles. The van der Waals surface area contributed by atoms with Crippen LogP contribution in [0.4, 0.5) is 10.1 Å². The second-order valence-electron chi connectivity index (χ2n) is 7.16. The molecule has 160 valence electrons. The van der Waals surface area contributed by atoms with E-state index in [2.05, 4.69) is 5.10 Å². The van der Waals surface area contributed by atoms with Crippen LogP contribution < -0.4 is 4.90 Å². The number of para-hydroxylation sites is 1. The lowest BCUT2D eigenvalue weighted by Gasteiger charge is -2.18. The molecule has 1 aromatic heterocycles. The number of anilines is 1. The van der Waals surface area contributed by atoms with E-state index in [0.29, 0.717) is 16.9 Å². The molecule has 7 nitrogen and oxygen atoms in total. The number of hydrogen-bond donors (Lipinski definition) is 0. The highest BCUT2D eigenvalue weighted by atomic mass is 19.1. The fourth-order valence-electron chi connectivity index (χ4n) is 3.83. The molecule has 0 radical (unpaired) electrons. The number of halogens is 1. The number of methoxy groups -OCH3 is 2. The molecule has 8 heteroatoms. The molecule has 2 aromatic carbocycles. The highest BCUT2D eigenvalue weighted by Crippen LogP contribution is 2.32. The minimum Gasteiger partial charge on any atom is -0.465 e. The molecule has 0 aliphatic carbocycles. The Labute approximate surface area is 179 Å². The third-order valence-corrected chi connectivity index (χ3v) is 5.32. The van der Waals surface area contributed by atoms with Crippen LogP contribution in [0.3, 0.4) is 0 Å².